The molecule has 2 aromatic rings. The summed E-state index contributed by atoms with van der Waals surface area (Å²) >= 11 is 1.65. The Bertz CT molecular complexity index is 545. The fraction of sp³-hybridized carbons (Fsp3) is 0.357. The number of benzene rings is 1. The third kappa shape index (κ3) is 1.90. The molecule has 88 valence electrons. The standard InChI is InChI=1S/C14H16N2S/c1-9-14(17-8-16-9)13(15)12-6-5-10-3-2-4-11(10)7-12/h5-8,13H,2-4,15H2,1H3. The minimum Gasteiger partial charge on any atom is -0.320 e. The summed E-state index contributed by atoms with van der Waals surface area (Å²) in [6.45, 7) is 2.03. The van der Waals surface area contributed by atoms with Gasteiger partial charge in [-0.15, -0.1) is 11.3 Å². The van der Waals surface area contributed by atoms with Gasteiger partial charge < -0.3 is 5.73 Å². The van der Waals surface area contributed by atoms with Crippen LogP contribution >= 0.6 is 11.3 Å². The molecule has 2 N–H and O–H groups in total. The molecular weight excluding hydrogens is 228 g/mol. The predicted molar refractivity (Wildman–Crippen MR) is 71.3 cm³/mol. The van der Waals surface area contributed by atoms with Crippen molar-refractivity contribution >= 4 is 11.3 Å². The van der Waals surface area contributed by atoms with E-state index in [1.54, 1.807) is 11.3 Å². The van der Waals surface area contributed by atoms with Crippen LogP contribution in [0.15, 0.2) is 23.7 Å². The van der Waals surface area contributed by atoms with E-state index in [1.165, 1.54) is 40.8 Å². The highest BCUT2D eigenvalue weighted by Gasteiger charge is 2.17. The van der Waals surface area contributed by atoms with Gasteiger partial charge in [-0.3, -0.25) is 0 Å². The maximum absolute atomic E-state index is 6.33. The molecule has 0 saturated carbocycles. The summed E-state index contributed by atoms with van der Waals surface area (Å²) in [5, 5.41) is 0. The lowest BCUT2D eigenvalue weighted by Crippen LogP contribution is -2.12. The molecular formula is C14H16N2S. The highest BCUT2D eigenvalue weighted by molar-refractivity contribution is 7.09. The first-order valence-corrected chi connectivity index (χ1v) is 6.91. The molecule has 3 heteroatoms. The van der Waals surface area contributed by atoms with Crippen LogP contribution in [0, 0.1) is 6.92 Å². The molecule has 3 rings (SSSR count). The zero-order valence-corrected chi connectivity index (χ0v) is 10.8. The number of aryl methyl sites for hydroxylation is 3. The Morgan fingerprint density at radius 2 is 2.12 bits per heavy atom. The van der Waals surface area contributed by atoms with E-state index in [2.05, 4.69) is 23.2 Å². The van der Waals surface area contributed by atoms with Crippen molar-refractivity contribution in [2.45, 2.75) is 32.2 Å². The van der Waals surface area contributed by atoms with Crippen LogP contribution in [-0.2, 0) is 12.8 Å². The van der Waals surface area contributed by atoms with Gasteiger partial charge >= 0.3 is 0 Å². The van der Waals surface area contributed by atoms with Gasteiger partial charge in [-0.05, 0) is 42.9 Å². The SMILES string of the molecule is Cc1ncsc1C(N)c1ccc2c(c1)CCC2. The van der Waals surface area contributed by atoms with E-state index < -0.39 is 0 Å². The Hall–Kier alpha value is -1.19. The predicted octanol–water partition coefficient (Wildman–Crippen LogP) is 2.99. The molecule has 1 aromatic heterocycles. The average molecular weight is 244 g/mol. The molecule has 1 heterocycles. The Kier molecular flexibility index (Phi) is 2.73. The molecule has 17 heavy (non-hydrogen) atoms. The first-order valence-electron chi connectivity index (χ1n) is 6.03. The molecule has 0 amide bonds. The fourth-order valence-corrected chi connectivity index (χ4v) is 3.38. The summed E-state index contributed by atoms with van der Waals surface area (Å²) in [5.41, 5.74) is 13.5. The second-order valence-electron chi connectivity index (χ2n) is 4.66. The summed E-state index contributed by atoms with van der Waals surface area (Å²) in [6.07, 6.45) is 3.72. The summed E-state index contributed by atoms with van der Waals surface area (Å²) in [7, 11) is 0. The minimum absolute atomic E-state index is 0.0200. The molecule has 0 fully saturated rings. The van der Waals surface area contributed by atoms with Crippen LogP contribution in [0.5, 0.6) is 0 Å². The van der Waals surface area contributed by atoms with Crippen LogP contribution in [0.1, 0.15) is 39.7 Å². The fourth-order valence-electron chi connectivity index (χ4n) is 2.55. The maximum atomic E-state index is 6.33. The summed E-state index contributed by atoms with van der Waals surface area (Å²) < 4.78 is 0. The number of aromatic nitrogens is 1. The lowest BCUT2D eigenvalue weighted by molar-refractivity contribution is 0.873. The van der Waals surface area contributed by atoms with Crippen molar-refractivity contribution in [2.24, 2.45) is 5.73 Å². The smallest absolute Gasteiger partial charge is 0.0798 e. The second kappa shape index (κ2) is 4.24. The summed E-state index contributed by atoms with van der Waals surface area (Å²) in [5.74, 6) is 0. The number of rotatable bonds is 2. The molecule has 0 saturated heterocycles. The van der Waals surface area contributed by atoms with Crippen molar-refractivity contribution in [2.75, 3.05) is 0 Å². The van der Waals surface area contributed by atoms with Crippen LogP contribution in [0.3, 0.4) is 0 Å². The number of nitrogens with two attached hydrogens (primary N) is 1. The van der Waals surface area contributed by atoms with Gasteiger partial charge in [-0.2, -0.15) is 0 Å². The zero-order chi connectivity index (χ0) is 11.8. The molecule has 2 nitrogen and oxygen atoms in total. The van der Waals surface area contributed by atoms with Crippen LogP contribution in [0.4, 0.5) is 0 Å². The quantitative estimate of drug-likeness (QED) is 0.882. The highest BCUT2D eigenvalue weighted by Crippen LogP contribution is 2.29. The van der Waals surface area contributed by atoms with Gasteiger partial charge in [-0.25, -0.2) is 4.98 Å². The number of thiazole rings is 1. The molecule has 0 aliphatic heterocycles. The largest absolute Gasteiger partial charge is 0.320 e. The summed E-state index contributed by atoms with van der Waals surface area (Å²) in [6, 6.07) is 6.68. The van der Waals surface area contributed by atoms with E-state index in [0.717, 1.165) is 5.69 Å². The first-order chi connectivity index (χ1) is 8.25. The average Bonchev–Trinajstić information content (AvgIpc) is 2.95. The monoisotopic (exact) mass is 244 g/mol. The van der Waals surface area contributed by atoms with Gasteiger partial charge in [-0.1, -0.05) is 18.2 Å². The van der Waals surface area contributed by atoms with E-state index >= 15 is 0 Å². The number of hydrogen-bond donors (Lipinski definition) is 1. The van der Waals surface area contributed by atoms with Crippen molar-refractivity contribution in [1.82, 2.24) is 4.98 Å². The van der Waals surface area contributed by atoms with E-state index in [1.807, 2.05) is 12.4 Å². The van der Waals surface area contributed by atoms with Gasteiger partial charge in [0.05, 0.1) is 17.2 Å². The van der Waals surface area contributed by atoms with Crippen LogP contribution in [0.25, 0.3) is 0 Å². The first kappa shape index (κ1) is 10.9. The molecule has 1 aromatic carbocycles. The third-order valence-corrected chi connectivity index (χ3v) is 4.56. The molecule has 1 atom stereocenters. The molecule has 1 aliphatic rings. The van der Waals surface area contributed by atoms with Gasteiger partial charge in [0.25, 0.3) is 0 Å². The van der Waals surface area contributed by atoms with Crippen molar-refractivity contribution in [3.05, 3.63) is 51.0 Å². The summed E-state index contributed by atoms with van der Waals surface area (Å²) in [4.78, 5) is 5.46. The third-order valence-electron chi connectivity index (χ3n) is 3.55. The van der Waals surface area contributed by atoms with Crippen molar-refractivity contribution in [3.8, 4) is 0 Å². The van der Waals surface area contributed by atoms with Gasteiger partial charge in [0.2, 0.25) is 0 Å². The number of fused-ring (bicyclic) bond motifs is 1. The molecule has 0 spiro atoms. The van der Waals surface area contributed by atoms with E-state index in [9.17, 15) is 0 Å². The van der Waals surface area contributed by atoms with Gasteiger partial charge in [0.15, 0.2) is 0 Å². The van der Waals surface area contributed by atoms with E-state index in [0.29, 0.717) is 0 Å². The molecule has 0 radical (unpaired) electrons. The lowest BCUT2D eigenvalue weighted by atomic mass is 10.00. The van der Waals surface area contributed by atoms with Gasteiger partial charge in [0.1, 0.15) is 0 Å². The Balaban J connectivity index is 1.97. The Morgan fingerprint density at radius 1 is 1.29 bits per heavy atom. The van der Waals surface area contributed by atoms with Gasteiger partial charge in [0, 0.05) is 4.88 Å². The Labute approximate surface area is 106 Å². The second-order valence-corrected chi connectivity index (χ2v) is 5.55. The zero-order valence-electron chi connectivity index (χ0n) is 9.94. The normalized spacial score (nSPS) is 15.9. The minimum atomic E-state index is -0.0200. The highest BCUT2D eigenvalue weighted by atomic mass is 32.1. The van der Waals surface area contributed by atoms with E-state index in [4.69, 9.17) is 5.73 Å². The lowest BCUT2D eigenvalue weighted by Gasteiger charge is -2.12. The Morgan fingerprint density at radius 3 is 2.88 bits per heavy atom. The molecule has 0 bridgehead atoms. The molecule has 1 aliphatic carbocycles. The maximum Gasteiger partial charge on any atom is 0.0798 e. The van der Waals surface area contributed by atoms with E-state index in [-0.39, 0.29) is 6.04 Å². The van der Waals surface area contributed by atoms with Crippen molar-refractivity contribution < 1.29 is 0 Å². The van der Waals surface area contributed by atoms with Crippen LogP contribution in [0.2, 0.25) is 0 Å². The molecule has 1 unspecified atom stereocenters. The van der Waals surface area contributed by atoms with Crippen LogP contribution < -0.4 is 5.73 Å². The van der Waals surface area contributed by atoms with Crippen molar-refractivity contribution in [1.29, 1.82) is 0 Å². The number of hydrogen-bond acceptors (Lipinski definition) is 3. The topological polar surface area (TPSA) is 38.9 Å². The number of nitrogens with zero attached hydrogens (tertiary/aromatic N) is 1. The van der Waals surface area contributed by atoms with Crippen LogP contribution in [-0.4, -0.2) is 4.98 Å². The van der Waals surface area contributed by atoms with Crippen molar-refractivity contribution in [3.63, 3.8) is 0 Å².